The molecule has 2 aromatic carbocycles. The molecule has 196 valence electrons. The average Bonchev–Trinajstić information content (AvgIpc) is 3.38. The first-order valence-electron chi connectivity index (χ1n) is 12.2. The van der Waals surface area contributed by atoms with E-state index in [9.17, 15) is 14.4 Å². The first kappa shape index (κ1) is 26.7. The molecule has 1 aromatic heterocycles. The minimum Gasteiger partial charge on any atom is -0.496 e. The van der Waals surface area contributed by atoms with Crippen LogP contribution in [0.3, 0.4) is 0 Å². The van der Waals surface area contributed by atoms with Gasteiger partial charge in [-0.15, -0.1) is 11.6 Å². The van der Waals surface area contributed by atoms with Crippen molar-refractivity contribution >= 4 is 40.1 Å². The van der Waals surface area contributed by atoms with Crippen molar-refractivity contribution < 1.29 is 24.0 Å². The number of ketones is 1. The zero-order valence-corrected chi connectivity index (χ0v) is 21.3. The summed E-state index contributed by atoms with van der Waals surface area (Å²) in [4.78, 5) is 47.7. The van der Waals surface area contributed by atoms with Gasteiger partial charge in [0, 0.05) is 23.9 Å². The molecule has 1 aliphatic rings. The Morgan fingerprint density at radius 3 is 2.62 bits per heavy atom. The van der Waals surface area contributed by atoms with Crippen molar-refractivity contribution in [3.05, 3.63) is 65.9 Å². The molecule has 4 N–H and O–H groups in total. The number of amides is 2. The van der Waals surface area contributed by atoms with E-state index >= 15 is 0 Å². The Labute approximate surface area is 220 Å². The van der Waals surface area contributed by atoms with Crippen molar-refractivity contribution in [1.29, 1.82) is 0 Å². The fraction of sp³-hybridized carbons (Fsp3) is 0.370. The van der Waals surface area contributed by atoms with E-state index in [1.807, 2.05) is 48.5 Å². The molecular formula is C27H31ClN4O5. The summed E-state index contributed by atoms with van der Waals surface area (Å²) in [5.41, 5.74) is 4.72. The van der Waals surface area contributed by atoms with Crippen LogP contribution in [-0.4, -0.2) is 60.8 Å². The van der Waals surface area contributed by atoms with E-state index in [1.165, 1.54) is 0 Å². The van der Waals surface area contributed by atoms with E-state index in [1.54, 1.807) is 13.2 Å². The van der Waals surface area contributed by atoms with Gasteiger partial charge < -0.3 is 25.2 Å². The summed E-state index contributed by atoms with van der Waals surface area (Å²) in [6.07, 6.45) is 1.48. The second-order valence-electron chi connectivity index (χ2n) is 9.08. The molecule has 9 nitrogen and oxygen atoms in total. The number of ether oxygens (including phenoxy) is 1. The number of hydroxylamine groups is 1. The van der Waals surface area contributed by atoms with Gasteiger partial charge in [-0.2, -0.15) is 0 Å². The van der Waals surface area contributed by atoms with Crippen LogP contribution in [0.4, 0.5) is 0 Å². The molecule has 0 unspecified atom stereocenters. The number of hydrogen-bond donors (Lipinski definition) is 4. The highest BCUT2D eigenvalue weighted by molar-refractivity contribution is 6.28. The number of hydrogen-bond acceptors (Lipinski definition) is 6. The summed E-state index contributed by atoms with van der Waals surface area (Å²) in [6, 6.07) is 14.9. The number of Topliss-reactive ketones (excluding diaryl/α,β-unsaturated/α-hetero) is 1. The Bertz CT molecular complexity index is 1230. The van der Waals surface area contributed by atoms with Crippen molar-refractivity contribution in [3.63, 3.8) is 0 Å². The van der Waals surface area contributed by atoms with Crippen molar-refractivity contribution in [2.45, 2.75) is 31.3 Å². The summed E-state index contributed by atoms with van der Waals surface area (Å²) in [5, 5.41) is 6.45. The Morgan fingerprint density at radius 1 is 1.11 bits per heavy atom. The first-order chi connectivity index (χ1) is 18.0. The lowest BCUT2D eigenvalue weighted by Crippen LogP contribution is -2.53. The van der Waals surface area contributed by atoms with Gasteiger partial charge in [-0.05, 0) is 42.5 Å². The van der Waals surface area contributed by atoms with Gasteiger partial charge >= 0.3 is 0 Å². The molecule has 0 radical (unpaired) electrons. The van der Waals surface area contributed by atoms with Gasteiger partial charge in [0.25, 0.3) is 5.91 Å². The predicted octanol–water partition coefficient (Wildman–Crippen LogP) is 2.74. The Balaban J connectivity index is 1.53. The predicted molar refractivity (Wildman–Crippen MR) is 141 cm³/mol. The molecule has 1 fully saturated rings. The van der Waals surface area contributed by atoms with E-state index in [2.05, 4.69) is 21.1 Å². The highest BCUT2D eigenvalue weighted by Gasteiger charge is 2.30. The number of aromatic amines is 1. The number of nitrogens with one attached hydrogen (secondary N) is 4. The molecule has 0 saturated carbocycles. The molecule has 0 bridgehead atoms. The molecule has 0 spiro atoms. The zero-order valence-electron chi connectivity index (χ0n) is 20.6. The Morgan fingerprint density at radius 2 is 1.92 bits per heavy atom. The van der Waals surface area contributed by atoms with E-state index in [4.69, 9.17) is 21.2 Å². The summed E-state index contributed by atoms with van der Waals surface area (Å²) in [6.45, 7) is 1.11. The highest BCUT2D eigenvalue weighted by atomic mass is 35.5. The lowest BCUT2D eigenvalue weighted by molar-refractivity contribution is -0.128. The smallest absolute Gasteiger partial charge is 0.268 e. The molecule has 1 aliphatic heterocycles. The van der Waals surface area contributed by atoms with Crippen LogP contribution in [0.25, 0.3) is 10.9 Å². The van der Waals surface area contributed by atoms with E-state index < -0.39 is 23.9 Å². The molecule has 3 aromatic rings. The minimum absolute atomic E-state index is 0.0993. The van der Waals surface area contributed by atoms with E-state index in [-0.39, 0.29) is 24.0 Å². The lowest BCUT2D eigenvalue weighted by Gasteiger charge is -2.28. The van der Waals surface area contributed by atoms with Crippen molar-refractivity contribution in [1.82, 2.24) is 21.1 Å². The number of rotatable bonds is 11. The van der Waals surface area contributed by atoms with Crippen LogP contribution in [-0.2, 0) is 20.8 Å². The molecular weight excluding hydrogens is 496 g/mol. The summed E-state index contributed by atoms with van der Waals surface area (Å²) >= 11 is 5.86. The number of halogens is 1. The van der Waals surface area contributed by atoms with Crippen LogP contribution in [0.15, 0.2) is 54.6 Å². The van der Waals surface area contributed by atoms with Gasteiger partial charge in [-0.3, -0.25) is 14.4 Å². The van der Waals surface area contributed by atoms with Crippen LogP contribution in [0.1, 0.15) is 28.9 Å². The summed E-state index contributed by atoms with van der Waals surface area (Å²) in [5.74, 6) is -0.659. The quantitative estimate of drug-likeness (QED) is 0.285. The van der Waals surface area contributed by atoms with Gasteiger partial charge in [0.05, 0.1) is 25.6 Å². The zero-order chi connectivity index (χ0) is 26.2. The molecule has 4 rings (SSSR count). The topological polar surface area (TPSA) is 122 Å². The summed E-state index contributed by atoms with van der Waals surface area (Å²) < 4.78 is 5.39. The van der Waals surface area contributed by atoms with E-state index in [0.29, 0.717) is 31.0 Å². The lowest BCUT2D eigenvalue weighted by atomic mass is 9.94. The molecule has 0 aliphatic carbocycles. The maximum absolute atomic E-state index is 13.5. The number of carbonyl (C=O) groups excluding carboxylic acids is 3. The largest absolute Gasteiger partial charge is 0.496 e. The number of alkyl halides is 1. The second-order valence-corrected chi connectivity index (χ2v) is 9.34. The third-order valence-electron chi connectivity index (χ3n) is 6.47. The van der Waals surface area contributed by atoms with Crippen molar-refractivity contribution in [3.8, 4) is 5.75 Å². The van der Waals surface area contributed by atoms with Gasteiger partial charge in [0.15, 0.2) is 5.78 Å². The number of H-pyrrole nitrogens is 1. The number of fused-ring (bicyclic) bond motifs is 1. The fourth-order valence-electron chi connectivity index (χ4n) is 4.47. The van der Waals surface area contributed by atoms with Gasteiger partial charge in [-0.1, -0.05) is 36.4 Å². The average molecular weight is 527 g/mol. The normalized spacial score (nSPS) is 17.1. The van der Waals surface area contributed by atoms with Crippen LogP contribution in [0, 0.1) is 5.92 Å². The van der Waals surface area contributed by atoms with Crippen LogP contribution < -0.4 is 20.9 Å². The van der Waals surface area contributed by atoms with Gasteiger partial charge in [0.1, 0.15) is 17.5 Å². The monoisotopic (exact) mass is 526 g/mol. The fourth-order valence-corrected chi connectivity index (χ4v) is 4.66. The maximum Gasteiger partial charge on any atom is 0.268 e. The molecule has 2 heterocycles. The van der Waals surface area contributed by atoms with Crippen molar-refractivity contribution in [2.75, 3.05) is 26.1 Å². The minimum atomic E-state index is -0.918. The maximum atomic E-state index is 13.5. The van der Waals surface area contributed by atoms with E-state index in [0.717, 1.165) is 22.9 Å². The number of aromatic nitrogens is 1. The van der Waals surface area contributed by atoms with Crippen LogP contribution in [0.2, 0.25) is 0 Å². The third-order valence-corrected chi connectivity index (χ3v) is 6.74. The Hall–Kier alpha value is -3.40. The van der Waals surface area contributed by atoms with Gasteiger partial charge in [0.2, 0.25) is 5.91 Å². The first-order valence-corrected chi connectivity index (χ1v) is 12.8. The number of methoxy groups -OCH3 is 1. The number of benzene rings is 2. The second kappa shape index (κ2) is 12.7. The van der Waals surface area contributed by atoms with Crippen LogP contribution in [0.5, 0.6) is 5.75 Å². The number of carbonyl (C=O) groups is 3. The third kappa shape index (κ3) is 6.88. The molecule has 1 saturated heterocycles. The van der Waals surface area contributed by atoms with Crippen molar-refractivity contribution in [2.24, 2.45) is 5.92 Å². The molecule has 10 heteroatoms. The van der Waals surface area contributed by atoms with Gasteiger partial charge in [-0.25, -0.2) is 5.48 Å². The SMILES string of the molecule is COc1cccc2[nH]c(C(=O)N[C@@H](Cc3ccccc3)C(=O)N[C@@H](C[C@@H]3CCNOC3)C(=O)CCl)cc12. The molecule has 2 amide bonds. The summed E-state index contributed by atoms with van der Waals surface area (Å²) in [7, 11) is 1.57. The standard InChI is InChI=1S/C27H31ClN4O5/c1-36-25-9-5-8-20-19(25)14-23(30-20)27(35)32-22(12-17-6-3-2-4-7-17)26(34)31-21(24(33)15-28)13-18-10-11-29-37-16-18/h2-9,14,18,21-22,29-30H,10-13,15-16H2,1H3,(H,31,34)(H,32,35)/t18-,21-,22-/m0/s1. The Kier molecular flexibility index (Phi) is 9.16. The molecule has 3 atom stereocenters. The van der Waals surface area contributed by atoms with Crippen LogP contribution >= 0.6 is 11.6 Å². The highest BCUT2D eigenvalue weighted by Crippen LogP contribution is 2.26. The molecule has 37 heavy (non-hydrogen) atoms.